The number of rotatable bonds is 4. The molecule has 7 heteroatoms. The first kappa shape index (κ1) is 18.4. The van der Waals surface area contributed by atoms with Gasteiger partial charge in [0.1, 0.15) is 0 Å². The molecule has 2 aromatic carbocycles. The molecule has 0 saturated heterocycles. The molecule has 0 aliphatic carbocycles. The average molecular weight is 387 g/mol. The van der Waals surface area contributed by atoms with Crippen LogP contribution in [0.2, 0.25) is 0 Å². The smallest absolute Gasteiger partial charge is 0.338 e. The summed E-state index contributed by atoms with van der Waals surface area (Å²) in [6.45, 7) is 1.79. The van der Waals surface area contributed by atoms with Crippen molar-refractivity contribution < 1.29 is 19.4 Å². The van der Waals surface area contributed by atoms with Crippen molar-refractivity contribution in [3.8, 4) is 16.9 Å². The summed E-state index contributed by atoms with van der Waals surface area (Å²) in [4.78, 5) is 28.4. The number of aromatic nitrogens is 3. The van der Waals surface area contributed by atoms with E-state index in [0.29, 0.717) is 33.7 Å². The van der Waals surface area contributed by atoms with Crippen LogP contribution in [0.3, 0.4) is 0 Å². The summed E-state index contributed by atoms with van der Waals surface area (Å²) in [5.74, 6) is -1.48. The van der Waals surface area contributed by atoms with E-state index in [2.05, 4.69) is 5.10 Å². The van der Waals surface area contributed by atoms with Crippen molar-refractivity contribution in [2.75, 3.05) is 7.11 Å². The van der Waals surface area contributed by atoms with Crippen molar-refractivity contribution in [3.63, 3.8) is 0 Å². The molecule has 0 bridgehead atoms. The number of esters is 1. The van der Waals surface area contributed by atoms with E-state index in [0.717, 1.165) is 5.56 Å². The number of hydrogen-bond acceptors (Lipinski definition) is 5. The van der Waals surface area contributed by atoms with Gasteiger partial charge in [-0.1, -0.05) is 30.3 Å². The van der Waals surface area contributed by atoms with Crippen molar-refractivity contribution in [2.45, 2.75) is 6.92 Å². The van der Waals surface area contributed by atoms with Crippen LogP contribution >= 0.6 is 0 Å². The third-order valence-corrected chi connectivity index (χ3v) is 4.65. The summed E-state index contributed by atoms with van der Waals surface area (Å²) in [7, 11) is 1.33. The van der Waals surface area contributed by atoms with E-state index < -0.39 is 11.9 Å². The number of benzene rings is 2. The molecule has 4 rings (SSSR count). The van der Waals surface area contributed by atoms with Crippen LogP contribution < -0.4 is 0 Å². The van der Waals surface area contributed by atoms with Gasteiger partial charge in [0.2, 0.25) is 0 Å². The van der Waals surface area contributed by atoms with Gasteiger partial charge in [-0.25, -0.2) is 19.3 Å². The molecule has 0 atom stereocenters. The van der Waals surface area contributed by atoms with Crippen molar-refractivity contribution in [2.24, 2.45) is 0 Å². The SMILES string of the molecule is COC(=O)c1cc(-c2ccccc2)nc2c1c(C)nn2-c1ccc(C(=O)O)cc1. The molecule has 0 fully saturated rings. The van der Waals surface area contributed by atoms with Crippen molar-refractivity contribution in [3.05, 3.63) is 77.5 Å². The quantitative estimate of drug-likeness (QED) is 0.534. The maximum atomic E-state index is 12.5. The number of carboxylic acid groups (broad SMARTS) is 1. The third-order valence-electron chi connectivity index (χ3n) is 4.65. The Morgan fingerprint density at radius 3 is 2.34 bits per heavy atom. The normalized spacial score (nSPS) is 10.8. The Bertz CT molecular complexity index is 1230. The minimum atomic E-state index is -1.00. The lowest BCUT2D eigenvalue weighted by atomic mass is 10.1. The number of hydrogen-bond donors (Lipinski definition) is 1. The summed E-state index contributed by atoms with van der Waals surface area (Å²) in [6.07, 6.45) is 0. The fourth-order valence-electron chi connectivity index (χ4n) is 3.24. The molecule has 4 aromatic rings. The maximum absolute atomic E-state index is 12.5. The minimum absolute atomic E-state index is 0.176. The molecule has 0 amide bonds. The van der Waals surface area contributed by atoms with Gasteiger partial charge in [0.05, 0.1) is 40.7 Å². The zero-order chi connectivity index (χ0) is 20.5. The molecule has 1 N–H and O–H groups in total. The summed E-state index contributed by atoms with van der Waals surface area (Å²) in [6, 6.07) is 17.5. The van der Waals surface area contributed by atoms with Crippen LogP contribution in [0.25, 0.3) is 28.0 Å². The van der Waals surface area contributed by atoms with Gasteiger partial charge >= 0.3 is 11.9 Å². The van der Waals surface area contributed by atoms with Crippen LogP contribution in [-0.2, 0) is 4.74 Å². The Morgan fingerprint density at radius 2 is 1.72 bits per heavy atom. The van der Waals surface area contributed by atoms with Gasteiger partial charge in [-0.05, 0) is 37.3 Å². The molecule has 0 spiro atoms. The summed E-state index contributed by atoms with van der Waals surface area (Å²) < 4.78 is 6.58. The molecule has 29 heavy (non-hydrogen) atoms. The Hall–Kier alpha value is -4.00. The molecule has 0 aliphatic heterocycles. The molecule has 7 nitrogen and oxygen atoms in total. The number of methoxy groups -OCH3 is 1. The number of carbonyl (C=O) groups excluding carboxylic acids is 1. The van der Waals surface area contributed by atoms with Crippen LogP contribution in [0.4, 0.5) is 0 Å². The van der Waals surface area contributed by atoms with Crippen LogP contribution in [0.15, 0.2) is 60.7 Å². The second kappa shape index (κ2) is 7.20. The van der Waals surface area contributed by atoms with Gasteiger partial charge < -0.3 is 9.84 Å². The number of aromatic carboxylic acids is 1. The van der Waals surface area contributed by atoms with E-state index >= 15 is 0 Å². The molecule has 0 aliphatic rings. The van der Waals surface area contributed by atoms with E-state index in [4.69, 9.17) is 14.8 Å². The van der Waals surface area contributed by atoms with Gasteiger partial charge in [0.25, 0.3) is 0 Å². The highest BCUT2D eigenvalue weighted by Gasteiger charge is 2.21. The number of pyridine rings is 1. The molecule has 2 heterocycles. The van der Waals surface area contributed by atoms with E-state index in [9.17, 15) is 9.59 Å². The van der Waals surface area contributed by atoms with Crippen LogP contribution in [0.1, 0.15) is 26.4 Å². The molecule has 0 saturated carbocycles. The van der Waals surface area contributed by atoms with Crippen LogP contribution in [0, 0.1) is 6.92 Å². The standard InChI is InChI=1S/C22H17N3O4/c1-13-19-17(22(28)29-2)12-18(14-6-4-3-5-7-14)23-20(19)25(24-13)16-10-8-15(9-11-16)21(26)27/h3-12H,1-2H3,(H,26,27). The Morgan fingerprint density at radius 1 is 1.03 bits per heavy atom. The highest BCUT2D eigenvalue weighted by atomic mass is 16.5. The van der Waals surface area contributed by atoms with E-state index in [1.54, 1.807) is 29.8 Å². The molecule has 2 aromatic heterocycles. The molecular weight excluding hydrogens is 370 g/mol. The van der Waals surface area contributed by atoms with E-state index in [1.807, 2.05) is 30.3 Å². The van der Waals surface area contributed by atoms with Crippen molar-refractivity contribution in [1.82, 2.24) is 14.8 Å². The first-order valence-corrected chi connectivity index (χ1v) is 8.87. The average Bonchev–Trinajstić information content (AvgIpc) is 3.09. The fraction of sp³-hybridized carbons (Fsp3) is 0.0909. The fourth-order valence-corrected chi connectivity index (χ4v) is 3.24. The van der Waals surface area contributed by atoms with Gasteiger partial charge in [-0.3, -0.25) is 0 Å². The predicted octanol–water partition coefficient (Wildman–Crippen LogP) is 3.88. The lowest BCUT2D eigenvalue weighted by molar-refractivity contribution is 0.0602. The number of carbonyl (C=O) groups is 2. The predicted molar refractivity (Wildman–Crippen MR) is 107 cm³/mol. The Kier molecular flexibility index (Phi) is 4.56. The Balaban J connectivity index is 1.99. The van der Waals surface area contributed by atoms with Gasteiger partial charge in [0, 0.05) is 5.56 Å². The second-order valence-corrected chi connectivity index (χ2v) is 6.46. The largest absolute Gasteiger partial charge is 0.478 e. The number of fused-ring (bicyclic) bond motifs is 1. The second-order valence-electron chi connectivity index (χ2n) is 6.46. The highest BCUT2D eigenvalue weighted by molar-refractivity contribution is 6.05. The Labute approximate surface area is 166 Å². The van der Waals surface area contributed by atoms with Crippen LogP contribution in [0.5, 0.6) is 0 Å². The molecular formula is C22H17N3O4. The summed E-state index contributed by atoms with van der Waals surface area (Å²) in [5, 5.41) is 14.3. The first-order valence-electron chi connectivity index (χ1n) is 8.87. The minimum Gasteiger partial charge on any atom is -0.478 e. The third kappa shape index (κ3) is 3.23. The van der Waals surface area contributed by atoms with Gasteiger partial charge in [-0.15, -0.1) is 0 Å². The summed E-state index contributed by atoms with van der Waals surface area (Å²) >= 11 is 0. The maximum Gasteiger partial charge on any atom is 0.338 e. The molecule has 144 valence electrons. The topological polar surface area (TPSA) is 94.3 Å². The van der Waals surface area contributed by atoms with Crippen molar-refractivity contribution in [1.29, 1.82) is 0 Å². The van der Waals surface area contributed by atoms with Gasteiger partial charge in [-0.2, -0.15) is 5.10 Å². The number of ether oxygens (including phenoxy) is 1. The molecule has 0 unspecified atom stereocenters. The highest BCUT2D eigenvalue weighted by Crippen LogP contribution is 2.29. The number of aryl methyl sites for hydroxylation is 1. The van der Waals surface area contributed by atoms with E-state index in [1.165, 1.54) is 19.2 Å². The lowest BCUT2D eigenvalue weighted by Gasteiger charge is -2.08. The zero-order valence-corrected chi connectivity index (χ0v) is 15.8. The molecule has 0 radical (unpaired) electrons. The number of carboxylic acids is 1. The van der Waals surface area contributed by atoms with Gasteiger partial charge in [0.15, 0.2) is 5.65 Å². The lowest BCUT2D eigenvalue weighted by Crippen LogP contribution is -2.05. The monoisotopic (exact) mass is 387 g/mol. The number of nitrogens with zero attached hydrogens (tertiary/aromatic N) is 3. The first-order chi connectivity index (χ1) is 14.0. The zero-order valence-electron chi connectivity index (χ0n) is 15.8. The van der Waals surface area contributed by atoms with E-state index in [-0.39, 0.29) is 5.56 Å². The van der Waals surface area contributed by atoms with Crippen LogP contribution in [-0.4, -0.2) is 38.9 Å². The summed E-state index contributed by atoms with van der Waals surface area (Å²) in [5.41, 5.74) is 3.77. The van der Waals surface area contributed by atoms with Crippen molar-refractivity contribution >= 4 is 23.0 Å².